The fraction of sp³-hybridized carbons (Fsp3) is 0.500. The van der Waals surface area contributed by atoms with Crippen molar-refractivity contribution in [1.29, 1.82) is 0 Å². The molecule has 34 heavy (non-hydrogen) atoms. The monoisotopic (exact) mass is 485 g/mol. The van der Waals surface area contributed by atoms with Gasteiger partial charge in [0.1, 0.15) is 6.17 Å². The number of sulfonamides is 1. The van der Waals surface area contributed by atoms with Gasteiger partial charge in [-0.15, -0.1) is 0 Å². The van der Waals surface area contributed by atoms with Gasteiger partial charge in [-0.3, -0.25) is 0 Å². The fourth-order valence-electron chi connectivity index (χ4n) is 5.41. The van der Waals surface area contributed by atoms with Crippen molar-refractivity contribution < 1.29 is 8.42 Å². The van der Waals surface area contributed by atoms with Gasteiger partial charge < -0.3 is 11.1 Å². The van der Waals surface area contributed by atoms with E-state index in [2.05, 4.69) is 51.5 Å². The number of nitrogens with two attached hydrogens (primary N) is 2. The van der Waals surface area contributed by atoms with E-state index >= 15 is 0 Å². The van der Waals surface area contributed by atoms with Gasteiger partial charge in [-0.2, -0.15) is 11.1 Å². The quantitative estimate of drug-likeness (QED) is 0.310. The van der Waals surface area contributed by atoms with Gasteiger partial charge in [-0.1, -0.05) is 36.4 Å². The van der Waals surface area contributed by atoms with Crippen LogP contribution in [0.4, 0.5) is 0 Å². The van der Waals surface area contributed by atoms with Gasteiger partial charge in [0.2, 0.25) is 10.0 Å². The molecule has 0 bridgehead atoms. The minimum atomic E-state index is -3.97. The number of aryl methyl sites for hydroxylation is 1. The Bertz CT molecular complexity index is 1100. The third-order valence-electron chi connectivity index (χ3n) is 7.53. The average Bonchev–Trinajstić information content (AvgIpc) is 3.32. The Hall–Kier alpha value is -1.89. The van der Waals surface area contributed by atoms with Crippen LogP contribution in [-0.4, -0.2) is 27.5 Å². The molecule has 5 rings (SSSR count). The lowest BCUT2D eigenvalue weighted by molar-refractivity contribution is 0.310. The van der Waals surface area contributed by atoms with Gasteiger partial charge >= 0.3 is 0 Å². The predicted octanol–water partition coefficient (Wildman–Crippen LogP) is 1.25. The second kappa shape index (κ2) is 10.00. The molecule has 3 aliphatic rings. The van der Waals surface area contributed by atoms with Crippen molar-refractivity contribution in [3.8, 4) is 11.1 Å². The molecular formula is C24H35N7O2S. The molecule has 184 valence electrons. The van der Waals surface area contributed by atoms with Crippen LogP contribution in [0.2, 0.25) is 0 Å². The van der Waals surface area contributed by atoms with Crippen molar-refractivity contribution >= 4 is 10.0 Å². The SMILES string of the molecule is NC1CCC(CCc2ccc(-c3ccc(C4CNC4)cc3)c(C3NNNN3)c2S(N)(=O)=O)CC1. The smallest absolute Gasteiger partial charge is 0.238 e. The van der Waals surface area contributed by atoms with Gasteiger partial charge in [0.25, 0.3) is 0 Å². The van der Waals surface area contributed by atoms with Crippen LogP contribution in [0.25, 0.3) is 11.1 Å². The summed E-state index contributed by atoms with van der Waals surface area (Å²) in [4.78, 5) is 0.209. The van der Waals surface area contributed by atoms with Crippen LogP contribution in [0.15, 0.2) is 41.3 Å². The maximum Gasteiger partial charge on any atom is 0.238 e. The average molecular weight is 486 g/mol. The molecule has 0 radical (unpaired) electrons. The maximum absolute atomic E-state index is 13.0. The summed E-state index contributed by atoms with van der Waals surface area (Å²) in [5, 5.41) is 9.14. The Morgan fingerprint density at radius 3 is 2.18 bits per heavy atom. The first-order valence-corrected chi connectivity index (χ1v) is 13.7. The standard InChI is InChI=1S/C24H35N7O2S/c25-20-10-2-15(3-11-20)1-4-18-9-12-21(17-7-5-16(6-8-17)19-13-27-14-19)22(23(18)34(26,32)33)24-28-30-31-29-24/h5-9,12,15,19-20,24,27-31H,1-4,10-11,13-14,25H2,(H2,26,32,33). The molecule has 9 N–H and O–H groups in total. The maximum atomic E-state index is 13.0. The number of primary sulfonamides is 1. The zero-order valence-corrected chi connectivity index (χ0v) is 20.1. The zero-order valence-electron chi connectivity index (χ0n) is 19.3. The topological polar surface area (TPSA) is 146 Å². The molecule has 10 heteroatoms. The first-order valence-electron chi connectivity index (χ1n) is 12.2. The second-order valence-corrected chi connectivity index (χ2v) is 11.3. The predicted molar refractivity (Wildman–Crippen MR) is 132 cm³/mol. The summed E-state index contributed by atoms with van der Waals surface area (Å²) >= 11 is 0. The number of benzene rings is 2. The van der Waals surface area contributed by atoms with E-state index in [0.717, 1.165) is 61.9 Å². The van der Waals surface area contributed by atoms with E-state index in [9.17, 15) is 8.42 Å². The second-order valence-electron chi connectivity index (χ2n) is 9.83. The Balaban J connectivity index is 1.51. The molecule has 2 saturated heterocycles. The minimum Gasteiger partial charge on any atom is -0.328 e. The number of hydrogen-bond donors (Lipinski definition) is 7. The number of hydrogen-bond acceptors (Lipinski definition) is 8. The molecule has 1 aliphatic carbocycles. The lowest BCUT2D eigenvalue weighted by Gasteiger charge is -2.28. The Morgan fingerprint density at radius 1 is 0.912 bits per heavy atom. The first kappa shape index (κ1) is 23.8. The van der Waals surface area contributed by atoms with Crippen LogP contribution in [-0.2, 0) is 16.4 Å². The number of rotatable bonds is 7. The Kier molecular flexibility index (Phi) is 7.01. The lowest BCUT2D eigenvalue weighted by Crippen LogP contribution is -2.39. The zero-order chi connectivity index (χ0) is 23.7. The highest BCUT2D eigenvalue weighted by Crippen LogP contribution is 2.37. The first-order chi connectivity index (χ1) is 16.4. The summed E-state index contributed by atoms with van der Waals surface area (Å²) in [6.45, 7) is 1.99. The third-order valence-corrected chi connectivity index (χ3v) is 8.59. The van der Waals surface area contributed by atoms with E-state index in [1.54, 1.807) is 0 Å². The van der Waals surface area contributed by atoms with E-state index in [-0.39, 0.29) is 4.90 Å². The summed E-state index contributed by atoms with van der Waals surface area (Å²) in [5.41, 5.74) is 22.3. The number of nitrogens with one attached hydrogen (secondary N) is 5. The van der Waals surface area contributed by atoms with E-state index in [1.165, 1.54) is 5.56 Å². The molecule has 0 aromatic heterocycles. The van der Waals surface area contributed by atoms with Crippen molar-refractivity contribution in [2.75, 3.05) is 13.1 Å². The van der Waals surface area contributed by atoms with E-state index in [4.69, 9.17) is 10.9 Å². The summed E-state index contributed by atoms with van der Waals surface area (Å²) in [6.07, 6.45) is 5.40. The Labute approximate surface area is 201 Å². The molecule has 3 fully saturated rings. The van der Waals surface area contributed by atoms with Crippen molar-refractivity contribution in [2.45, 2.75) is 61.5 Å². The highest BCUT2D eigenvalue weighted by Gasteiger charge is 2.30. The molecule has 1 saturated carbocycles. The molecule has 9 nitrogen and oxygen atoms in total. The third kappa shape index (κ3) is 5.05. The summed E-state index contributed by atoms with van der Waals surface area (Å²) in [5.74, 6) is 1.10. The summed E-state index contributed by atoms with van der Waals surface area (Å²) < 4.78 is 25.9. The molecule has 0 amide bonds. The van der Waals surface area contributed by atoms with Crippen LogP contribution < -0.4 is 38.1 Å². The van der Waals surface area contributed by atoms with Gasteiger partial charge in [-0.25, -0.2) is 24.4 Å². The van der Waals surface area contributed by atoms with Gasteiger partial charge in [0, 0.05) is 30.6 Å². The van der Waals surface area contributed by atoms with Crippen LogP contribution in [0.3, 0.4) is 0 Å². The van der Waals surface area contributed by atoms with Crippen molar-refractivity contribution in [2.24, 2.45) is 16.8 Å². The van der Waals surface area contributed by atoms with E-state index in [0.29, 0.717) is 29.9 Å². The highest BCUT2D eigenvalue weighted by molar-refractivity contribution is 7.89. The van der Waals surface area contributed by atoms with Crippen molar-refractivity contribution in [1.82, 2.24) is 27.2 Å². The molecule has 2 aliphatic heterocycles. The molecule has 0 spiro atoms. The largest absolute Gasteiger partial charge is 0.328 e. The summed E-state index contributed by atoms with van der Waals surface area (Å²) in [7, 11) is -3.97. The molecule has 2 aromatic carbocycles. The van der Waals surface area contributed by atoms with E-state index in [1.807, 2.05) is 12.1 Å². The van der Waals surface area contributed by atoms with Crippen molar-refractivity contribution in [3.63, 3.8) is 0 Å². The summed E-state index contributed by atoms with van der Waals surface area (Å²) in [6, 6.07) is 12.7. The lowest BCUT2D eigenvalue weighted by atomic mass is 9.82. The van der Waals surface area contributed by atoms with Crippen LogP contribution in [0.1, 0.15) is 60.9 Å². The van der Waals surface area contributed by atoms with Crippen molar-refractivity contribution in [3.05, 3.63) is 53.1 Å². The normalized spacial score (nSPS) is 24.3. The molecule has 2 aromatic rings. The fourth-order valence-corrected chi connectivity index (χ4v) is 6.48. The highest BCUT2D eigenvalue weighted by atomic mass is 32.2. The van der Waals surface area contributed by atoms with E-state index < -0.39 is 16.2 Å². The van der Waals surface area contributed by atoms with Crippen LogP contribution in [0.5, 0.6) is 0 Å². The molecule has 0 atom stereocenters. The van der Waals surface area contributed by atoms with Gasteiger partial charge in [-0.05, 0) is 66.7 Å². The molecule has 2 heterocycles. The number of hydrazine groups is 3. The Morgan fingerprint density at radius 2 is 1.59 bits per heavy atom. The van der Waals surface area contributed by atoms with Gasteiger partial charge in [0.15, 0.2) is 0 Å². The minimum absolute atomic E-state index is 0.209. The molecular weight excluding hydrogens is 450 g/mol. The molecule has 0 unspecified atom stereocenters. The van der Waals surface area contributed by atoms with Crippen LogP contribution in [0, 0.1) is 5.92 Å². The van der Waals surface area contributed by atoms with Gasteiger partial charge in [0.05, 0.1) is 4.90 Å². The van der Waals surface area contributed by atoms with Crippen LogP contribution >= 0.6 is 0 Å².